The molecule has 0 bridgehead atoms. The van der Waals surface area contributed by atoms with Gasteiger partial charge in [0.2, 0.25) is 0 Å². The van der Waals surface area contributed by atoms with E-state index in [4.69, 9.17) is 0 Å². The Morgan fingerprint density at radius 1 is 0.576 bits per heavy atom. The molecule has 1 atom stereocenters. The monoisotopic (exact) mass is 428 g/mol. The first-order chi connectivity index (χ1) is 16.2. The second kappa shape index (κ2) is 8.87. The molecule has 0 saturated heterocycles. The van der Waals surface area contributed by atoms with Gasteiger partial charge in [0.05, 0.1) is 0 Å². The molecule has 0 aliphatic rings. The van der Waals surface area contributed by atoms with E-state index in [-0.39, 0.29) is 5.41 Å². The first-order valence-corrected chi connectivity index (χ1v) is 12.3. The summed E-state index contributed by atoms with van der Waals surface area (Å²) < 4.78 is 0. The van der Waals surface area contributed by atoms with Crippen LogP contribution in [0.4, 0.5) is 0 Å². The number of hydrogen-bond acceptors (Lipinski definition) is 0. The Morgan fingerprint density at radius 3 is 1.79 bits per heavy atom. The Balaban J connectivity index is 1.98. The van der Waals surface area contributed by atoms with Crippen LogP contribution in [0.3, 0.4) is 0 Å². The lowest BCUT2D eigenvalue weighted by Crippen LogP contribution is -2.22. The first-order valence-electron chi connectivity index (χ1n) is 12.3. The lowest BCUT2D eigenvalue weighted by atomic mass is 9.71. The molecule has 0 radical (unpaired) electrons. The van der Waals surface area contributed by atoms with Crippen LogP contribution in [0.5, 0.6) is 0 Å². The summed E-state index contributed by atoms with van der Waals surface area (Å²) in [6.45, 7) is 7.11. The van der Waals surface area contributed by atoms with Gasteiger partial charge in [-0.2, -0.15) is 0 Å². The average Bonchev–Trinajstić information content (AvgIpc) is 2.88. The van der Waals surface area contributed by atoms with Gasteiger partial charge in [0, 0.05) is 0 Å². The topological polar surface area (TPSA) is 0 Å². The molecule has 164 valence electrons. The Bertz CT molecular complexity index is 1410. The highest BCUT2D eigenvalue weighted by molar-refractivity contribution is 6.11. The van der Waals surface area contributed by atoms with Gasteiger partial charge in [0.25, 0.3) is 0 Å². The van der Waals surface area contributed by atoms with Gasteiger partial charge in [0.15, 0.2) is 0 Å². The fraction of sp³-hybridized carbons (Fsp3) is 0.212. The summed E-state index contributed by atoms with van der Waals surface area (Å²) in [5.41, 5.74) is 6.94. The summed E-state index contributed by atoms with van der Waals surface area (Å²) in [7, 11) is 0. The van der Waals surface area contributed by atoms with Crippen LogP contribution < -0.4 is 0 Å². The van der Waals surface area contributed by atoms with E-state index in [1.165, 1.54) is 62.2 Å². The summed E-state index contributed by atoms with van der Waals surface area (Å²) >= 11 is 0. The zero-order valence-corrected chi connectivity index (χ0v) is 19.9. The first kappa shape index (κ1) is 21.5. The van der Waals surface area contributed by atoms with Gasteiger partial charge >= 0.3 is 0 Å². The zero-order valence-electron chi connectivity index (χ0n) is 19.9. The van der Waals surface area contributed by atoms with Gasteiger partial charge < -0.3 is 0 Å². The average molecular weight is 429 g/mol. The molecule has 0 aromatic heterocycles. The molecular weight excluding hydrogens is 396 g/mol. The van der Waals surface area contributed by atoms with Crippen molar-refractivity contribution < 1.29 is 0 Å². The zero-order chi connectivity index (χ0) is 22.8. The van der Waals surface area contributed by atoms with Crippen LogP contribution in [0.2, 0.25) is 0 Å². The van der Waals surface area contributed by atoms with E-state index >= 15 is 0 Å². The summed E-state index contributed by atoms with van der Waals surface area (Å²) in [6, 6.07) is 38.0. The minimum absolute atomic E-state index is 0.124. The van der Waals surface area contributed by atoms with Crippen molar-refractivity contribution in [1.29, 1.82) is 0 Å². The number of fused-ring (bicyclic) bond motifs is 2. The van der Waals surface area contributed by atoms with Crippen LogP contribution >= 0.6 is 0 Å². The molecule has 0 nitrogen and oxygen atoms in total. The molecular formula is C33H32. The SMILES string of the molecule is CCC[C@@](C)(CC)c1ccc2ccccc2c1-c1c(-c2ccccc2)ccc2ccccc12. The van der Waals surface area contributed by atoms with Crippen molar-refractivity contribution in [1.82, 2.24) is 0 Å². The van der Waals surface area contributed by atoms with Crippen molar-refractivity contribution in [3.05, 3.63) is 109 Å². The molecule has 5 rings (SSSR count). The molecule has 0 aliphatic carbocycles. The third-order valence-electron chi connectivity index (χ3n) is 7.43. The van der Waals surface area contributed by atoms with E-state index in [1.807, 2.05) is 0 Å². The molecule has 0 heteroatoms. The van der Waals surface area contributed by atoms with Gasteiger partial charge in [-0.15, -0.1) is 0 Å². The molecule has 0 amide bonds. The maximum Gasteiger partial charge on any atom is -0.00176 e. The van der Waals surface area contributed by atoms with Crippen molar-refractivity contribution in [2.75, 3.05) is 0 Å². The Hall–Kier alpha value is -3.38. The van der Waals surface area contributed by atoms with E-state index in [9.17, 15) is 0 Å². The molecule has 0 saturated carbocycles. The molecule has 5 aromatic carbocycles. The van der Waals surface area contributed by atoms with Crippen molar-refractivity contribution in [3.63, 3.8) is 0 Å². The number of hydrogen-bond donors (Lipinski definition) is 0. The van der Waals surface area contributed by atoms with Crippen molar-refractivity contribution in [3.8, 4) is 22.3 Å². The van der Waals surface area contributed by atoms with Crippen LogP contribution in [0.15, 0.2) is 103 Å². The Kier molecular flexibility index (Phi) is 5.77. The number of benzene rings is 5. The molecule has 0 heterocycles. The third-order valence-corrected chi connectivity index (χ3v) is 7.43. The quantitative estimate of drug-likeness (QED) is 0.252. The van der Waals surface area contributed by atoms with Gasteiger partial charge in [-0.05, 0) is 67.6 Å². The summed E-state index contributed by atoms with van der Waals surface area (Å²) in [5.74, 6) is 0. The summed E-state index contributed by atoms with van der Waals surface area (Å²) in [6.07, 6.45) is 3.48. The number of rotatable bonds is 6. The van der Waals surface area contributed by atoms with Crippen LogP contribution in [-0.4, -0.2) is 0 Å². The third kappa shape index (κ3) is 3.74. The predicted octanol–water partition coefficient (Wildman–Crippen LogP) is 9.79. The van der Waals surface area contributed by atoms with Crippen molar-refractivity contribution >= 4 is 21.5 Å². The predicted molar refractivity (Wildman–Crippen MR) is 145 cm³/mol. The van der Waals surface area contributed by atoms with Gasteiger partial charge in [-0.3, -0.25) is 0 Å². The van der Waals surface area contributed by atoms with E-state index in [0.29, 0.717) is 0 Å². The molecule has 0 N–H and O–H groups in total. The summed E-state index contributed by atoms with van der Waals surface area (Å²) in [5, 5.41) is 5.27. The van der Waals surface area contributed by atoms with Crippen LogP contribution in [0.1, 0.15) is 45.6 Å². The van der Waals surface area contributed by atoms with Gasteiger partial charge in [-0.25, -0.2) is 0 Å². The highest BCUT2D eigenvalue weighted by atomic mass is 14.3. The fourth-order valence-corrected chi connectivity index (χ4v) is 5.50. The van der Waals surface area contributed by atoms with E-state index in [0.717, 1.165) is 6.42 Å². The minimum Gasteiger partial charge on any atom is -0.0654 e. The van der Waals surface area contributed by atoms with Gasteiger partial charge in [0.1, 0.15) is 0 Å². The van der Waals surface area contributed by atoms with E-state index in [1.54, 1.807) is 0 Å². The molecule has 0 spiro atoms. The second-order valence-corrected chi connectivity index (χ2v) is 9.45. The maximum absolute atomic E-state index is 2.46. The van der Waals surface area contributed by atoms with E-state index in [2.05, 4.69) is 124 Å². The lowest BCUT2D eigenvalue weighted by molar-refractivity contribution is 0.415. The normalized spacial score (nSPS) is 13.3. The molecule has 0 aliphatic heterocycles. The second-order valence-electron chi connectivity index (χ2n) is 9.45. The van der Waals surface area contributed by atoms with Crippen molar-refractivity contribution in [2.24, 2.45) is 0 Å². The highest BCUT2D eigenvalue weighted by Gasteiger charge is 2.29. The van der Waals surface area contributed by atoms with Crippen LogP contribution in [0, 0.1) is 0 Å². The largest absolute Gasteiger partial charge is 0.0654 e. The van der Waals surface area contributed by atoms with Crippen molar-refractivity contribution in [2.45, 2.75) is 45.4 Å². The smallest absolute Gasteiger partial charge is 0.00176 e. The van der Waals surface area contributed by atoms with Gasteiger partial charge in [-0.1, -0.05) is 130 Å². The Labute approximate surface area is 197 Å². The molecule has 0 fully saturated rings. The fourth-order valence-electron chi connectivity index (χ4n) is 5.50. The standard InChI is InChI=1S/C33H32/c1-4-23-33(3,5-2)30-22-20-26-16-10-12-18-28(26)32(30)31-27-17-11-9-15-25(27)19-21-29(31)24-13-7-6-8-14-24/h6-22H,4-5,23H2,1-3H3/t33-/m1/s1. The van der Waals surface area contributed by atoms with E-state index < -0.39 is 0 Å². The molecule has 33 heavy (non-hydrogen) atoms. The maximum atomic E-state index is 2.46. The molecule has 0 unspecified atom stereocenters. The minimum atomic E-state index is 0.124. The Morgan fingerprint density at radius 2 is 1.15 bits per heavy atom. The highest BCUT2D eigenvalue weighted by Crippen LogP contribution is 2.47. The lowest BCUT2D eigenvalue weighted by Gasteiger charge is -2.33. The molecule has 5 aromatic rings. The summed E-state index contributed by atoms with van der Waals surface area (Å²) in [4.78, 5) is 0. The van der Waals surface area contributed by atoms with Crippen LogP contribution in [0.25, 0.3) is 43.8 Å². The van der Waals surface area contributed by atoms with Crippen LogP contribution in [-0.2, 0) is 5.41 Å².